The zero-order chi connectivity index (χ0) is 13.0. The molecule has 3 N–H and O–H groups in total. The first kappa shape index (κ1) is 12.5. The molecule has 0 unspecified atom stereocenters. The van der Waals surface area contributed by atoms with Crippen LogP contribution in [0.1, 0.15) is 24.3 Å². The molecule has 5 nitrogen and oxygen atoms in total. The van der Waals surface area contributed by atoms with Crippen LogP contribution in [0.25, 0.3) is 0 Å². The molecular formula is C12H14N4OS. The lowest BCUT2D eigenvalue weighted by Gasteiger charge is -2.04. The Bertz CT molecular complexity index is 535. The summed E-state index contributed by atoms with van der Waals surface area (Å²) < 4.78 is 5.48. The van der Waals surface area contributed by atoms with Crippen molar-refractivity contribution in [1.82, 2.24) is 9.97 Å². The van der Waals surface area contributed by atoms with Crippen molar-refractivity contribution in [2.45, 2.75) is 19.9 Å². The summed E-state index contributed by atoms with van der Waals surface area (Å²) in [7, 11) is 0. The van der Waals surface area contributed by atoms with Crippen LogP contribution < -0.4 is 11.1 Å². The number of hydrogen-bond acceptors (Lipinski definition) is 5. The minimum atomic E-state index is 0.293. The lowest BCUT2D eigenvalue weighted by Crippen LogP contribution is -2.11. The Morgan fingerprint density at radius 2 is 2.22 bits per heavy atom. The molecule has 0 radical (unpaired) electrons. The summed E-state index contributed by atoms with van der Waals surface area (Å²) in [6, 6.07) is 3.64. The molecule has 0 fully saturated rings. The fraction of sp³-hybridized carbons (Fsp3) is 0.250. The number of anilines is 1. The van der Waals surface area contributed by atoms with E-state index >= 15 is 0 Å². The van der Waals surface area contributed by atoms with Crippen LogP contribution in [0.5, 0.6) is 0 Å². The second kappa shape index (κ2) is 5.59. The van der Waals surface area contributed by atoms with E-state index in [9.17, 15) is 0 Å². The summed E-state index contributed by atoms with van der Waals surface area (Å²) in [4.78, 5) is 8.58. The smallest absolute Gasteiger partial charge is 0.213 e. The van der Waals surface area contributed by atoms with Gasteiger partial charge in [0.15, 0.2) is 0 Å². The Balaban J connectivity index is 1.95. The number of nitrogens with zero attached hydrogens (tertiary/aromatic N) is 2. The van der Waals surface area contributed by atoms with Gasteiger partial charge in [0.2, 0.25) is 5.89 Å². The maximum absolute atomic E-state index is 5.48. The third-order valence-corrected chi connectivity index (χ3v) is 2.62. The van der Waals surface area contributed by atoms with Gasteiger partial charge in [-0.2, -0.15) is 0 Å². The van der Waals surface area contributed by atoms with Gasteiger partial charge in [0.1, 0.15) is 10.7 Å². The molecule has 0 aliphatic rings. The van der Waals surface area contributed by atoms with E-state index in [4.69, 9.17) is 22.4 Å². The first-order chi connectivity index (χ1) is 8.69. The fourth-order valence-electron chi connectivity index (χ4n) is 1.42. The van der Waals surface area contributed by atoms with Crippen molar-refractivity contribution < 1.29 is 4.42 Å². The van der Waals surface area contributed by atoms with Gasteiger partial charge in [-0.05, 0) is 12.1 Å². The Hall–Kier alpha value is -1.95. The normalized spacial score (nSPS) is 10.3. The number of pyridine rings is 1. The number of nitrogens with two attached hydrogens (primary N) is 1. The SMILES string of the molecule is CCc1cnc(CNc2ccc(C(N)=S)nc2)o1. The molecule has 6 heteroatoms. The second-order valence-electron chi connectivity index (χ2n) is 3.72. The summed E-state index contributed by atoms with van der Waals surface area (Å²) in [6.07, 6.45) is 4.26. The zero-order valence-electron chi connectivity index (χ0n) is 10.0. The van der Waals surface area contributed by atoms with Gasteiger partial charge in [-0.3, -0.25) is 4.98 Å². The number of aryl methyl sites for hydroxylation is 1. The van der Waals surface area contributed by atoms with Crippen LogP contribution in [0.3, 0.4) is 0 Å². The van der Waals surface area contributed by atoms with Crippen molar-refractivity contribution >= 4 is 22.9 Å². The van der Waals surface area contributed by atoms with Crippen LogP contribution >= 0.6 is 12.2 Å². The minimum absolute atomic E-state index is 0.293. The van der Waals surface area contributed by atoms with E-state index < -0.39 is 0 Å². The van der Waals surface area contributed by atoms with Crippen molar-refractivity contribution in [2.75, 3.05) is 5.32 Å². The van der Waals surface area contributed by atoms with Crippen LogP contribution in [0.2, 0.25) is 0 Å². The van der Waals surface area contributed by atoms with Gasteiger partial charge in [-0.15, -0.1) is 0 Å². The standard InChI is InChI=1S/C12H14N4OS/c1-2-9-6-16-11(17-9)7-14-8-3-4-10(12(13)18)15-5-8/h3-6,14H,2,7H2,1H3,(H2,13,18). The minimum Gasteiger partial charge on any atom is -0.444 e. The molecule has 0 aliphatic carbocycles. The Morgan fingerprint density at radius 3 is 2.78 bits per heavy atom. The van der Waals surface area contributed by atoms with Crippen molar-refractivity contribution in [2.24, 2.45) is 5.73 Å². The van der Waals surface area contributed by atoms with Crippen LogP contribution in [0.4, 0.5) is 5.69 Å². The summed E-state index contributed by atoms with van der Waals surface area (Å²) in [6.45, 7) is 2.55. The highest BCUT2D eigenvalue weighted by molar-refractivity contribution is 7.80. The van der Waals surface area contributed by atoms with Gasteiger partial charge in [0, 0.05) is 6.42 Å². The van der Waals surface area contributed by atoms with Crippen molar-refractivity contribution in [3.8, 4) is 0 Å². The number of aromatic nitrogens is 2. The van der Waals surface area contributed by atoms with E-state index in [1.165, 1.54) is 0 Å². The predicted molar refractivity (Wildman–Crippen MR) is 73.3 cm³/mol. The summed E-state index contributed by atoms with van der Waals surface area (Å²) in [5, 5.41) is 3.16. The fourth-order valence-corrected chi connectivity index (χ4v) is 1.54. The van der Waals surface area contributed by atoms with Gasteiger partial charge < -0.3 is 15.5 Å². The van der Waals surface area contributed by atoms with Crippen LogP contribution in [-0.2, 0) is 13.0 Å². The number of oxazole rings is 1. The van der Waals surface area contributed by atoms with Gasteiger partial charge in [-0.1, -0.05) is 19.1 Å². The van der Waals surface area contributed by atoms with Gasteiger partial charge in [0.25, 0.3) is 0 Å². The van der Waals surface area contributed by atoms with E-state index in [2.05, 4.69) is 15.3 Å². The molecular weight excluding hydrogens is 248 g/mol. The third kappa shape index (κ3) is 3.04. The van der Waals surface area contributed by atoms with Crippen LogP contribution in [-0.4, -0.2) is 15.0 Å². The molecule has 0 aliphatic heterocycles. The van der Waals surface area contributed by atoms with Crippen molar-refractivity contribution in [1.29, 1.82) is 0 Å². The number of hydrogen-bond donors (Lipinski definition) is 2. The molecule has 2 aromatic heterocycles. The monoisotopic (exact) mass is 262 g/mol. The van der Waals surface area contributed by atoms with E-state index in [0.717, 1.165) is 17.9 Å². The summed E-state index contributed by atoms with van der Waals surface area (Å²) in [5.41, 5.74) is 6.95. The first-order valence-electron chi connectivity index (χ1n) is 5.62. The number of nitrogens with one attached hydrogen (secondary N) is 1. The molecule has 18 heavy (non-hydrogen) atoms. The van der Waals surface area contributed by atoms with Crippen molar-refractivity contribution in [3.63, 3.8) is 0 Å². The molecule has 0 atom stereocenters. The van der Waals surface area contributed by atoms with Crippen molar-refractivity contribution in [3.05, 3.63) is 41.9 Å². The van der Waals surface area contributed by atoms with Gasteiger partial charge in [-0.25, -0.2) is 4.98 Å². The molecule has 2 heterocycles. The number of thiocarbonyl (C=S) groups is 1. The maximum atomic E-state index is 5.48. The Kier molecular flexibility index (Phi) is 3.88. The van der Waals surface area contributed by atoms with Crippen LogP contribution in [0.15, 0.2) is 28.9 Å². The Morgan fingerprint density at radius 1 is 1.39 bits per heavy atom. The summed E-state index contributed by atoms with van der Waals surface area (Å²) in [5.74, 6) is 1.54. The second-order valence-corrected chi connectivity index (χ2v) is 4.16. The topological polar surface area (TPSA) is 77.0 Å². The molecule has 94 valence electrons. The van der Waals surface area contributed by atoms with E-state index in [1.807, 2.05) is 13.0 Å². The molecule has 2 rings (SSSR count). The van der Waals surface area contributed by atoms with Gasteiger partial charge in [0.05, 0.1) is 30.3 Å². The quantitative estimate of drug-likeness (QED) is 0.801. The highest BCUT2D eigenvalue weighted by atomic mass is 32.1. The molecule has 0 saturated carbocycles. The molecule has 0 aromatic carbocycles. The zero-order valence-corrected chi connectivity index (χ0v) is 10.8. The molecule has 2 aromatic rings. The molecule has 0 amide bonds. The van der Waals surface area contributed by atoms with E-state index in [0.29, 0.717) is 23.1 Å². The molecule has 0 saturated heterocycles. The average Bonchev–Trinajstić information content (AvgIpc) is 2.85. The van der Waals surface area contributed by atoms with Crippen LogP contribution in [0, 0.1) is 0 Å². The summed E-state index contributed by atoms with van der Waals surface area (Å²) >= 11 is 4.83. The maximum Gasteiger partial charge on any atom is 0.213 e. The first-order valence-corrected chi connectivity index (χ1v) is 6.03. The van der Waals surface area contributed by atoms with Gasteiger partial charge >= 0.3 is 0 Å². The average molecular weight is 262 g/mol. The highest BCUT2D eigenvalue weighted by Crippen LogP contribution is 2.09. The highest BCUT2D eigenvalue weighted by Gasteiger charge is 2.03. The van der Waals surface area contributed by atoms with E-state index in [-0.39, 0.29) is 0 Å². The molecule has 0 bridgehead atoms. The predicted octanol–water partition coefficient (Wildman–Crippen LogP) is 1.88. The molecule has 0 spiro atoms. The largest absolute Gasteiger partial charge is 0.444 e. The van der Waals surface area contributed by atoms with E-state index in [1.54, 1.807) is 18.5 Å². The lowest BCUT2D eigenvalue weighted by atomic mass is 10.3. The Labute approximate surface area is 110 Å². The third-order valence-electron chi connectivity index (χ3n) is 2.41. The lowest BCUT2D eigenvalue weighted by molar-refractivity contribution is 0.466. The number of rotatable bonds is 5.